The van der Waals surface area contributed by atoms with E-state index in [0.29, 0.717) is 12.1 Å². The molecule has 1 aromatic carbocycles. The van der Waals surface area contributed by atoms with E-state index in [9.17, 15) is 9.50 Å². The van der Waals surface area contributed by atoms with Crippen LogP contribution in [0.5, 0.6) is 5.75 Å². The molecule has 0 aliphatic heterocycles. The molecule has 4 heteroatoms. The van der Waals surface area contributed by atoms with E-state index in [1.54, 1.807) is 14.0 Å². The first-order chi connectivity index (χ1) is 9.01. The van der Waals surface area contributed by atoms with Crippen molar-refractivity contribution in [3.63, 3.8) is 0 Å². The molecular weight excluding hydrogens is 245 g/mol. The van der Waals surface area contributed by atoms with Crippen molar-refractivity contribution in [1.29, 1.82) is 0 Å². The summed E-state index contributed by atoms with van der Waals surface area (Å²) in [5, 5.41) is 10.5. The quantitative estimate of drug-likeness (QED) is 0.920. The van der Waals surface area contributed by atoms with E-state index in [1.807, 2.05) is 24.3 Å². The number of halogens is 1. The second-order valence-corrected chi connectivity index (χ2v) is 4.66. The summed E-state index contributed by atoms with van der Waals surface area (Å²) < 4.78 is 18.0. The number of pyridine rings is 1. The molecule has 0 radical (unpaired) electrons. The second-order valence-electron chi connectivity index (χ2n) is 4.66. The summed E-state index contributed by atoms with van der Waals surface area (Å²) in [5.74, 6) is 0.321. The number of nitrogens with zero attached hydrogens (tertiary/aromatic N) is 1. The lowest BCUT2D eigenvalue weighted by molar-refractivity contribution is 0.0529. The number of hydrogen-bond acceptors (Lipinski definition) is 3. The zero-order valence-electron chi connectivity index (χ0n) is 10.9. The van der Waals surface area contributed by atoms with Crippen LogP contribution in [0.25, 0.3) is 0 Å². The Hall–Kier alpha value is -1.94. The van der Waals surface area contributed by atoms with Gasteiger partial charge in [-0.3, -0.25) is 4.98 Å². The lowest BCUT2D eigenvalue weighted by Crippen LogP contribution is -2.25. The van der Waals surface area contributed by atoms with Gasteiger partial charge >= 0.3 is 0 Å². The molecule has 0 spiro atoms. The van der Waals surface area contributed by atoms with Gasteiger partial charge in [0.2, 0.25) is 0 Å². The minimum atomic E-state index is -1.15. The molecule has 0 saturated heterocycles. The smallest absolute Gasteiger partial charge is 0.141 e. The van der Waals surface area contributed by atoms with Crippen LogP contribution in [0.15, 0.2) is 42.6 Å². The molecule has 0 aliphatic carbocycles. The van der Waals surface area contributed by atoms with E-state index < -0.39 is 11.4 Å². The molecule has 2 aromatic rings. The van der Waals surface area contributed by atoms with Crippen molar-refractivity contribution in [3.8, 4) is 5.75 Å². The summed E-state index contributed by atoms with van der Waals surface area (Å²) >= 11 is 0. The Balaban J connectivity index is 2.22. The first-order valence-corrected chi connectivity index (χ1v) is 5.98. The van der Waals surface area contributed by atoms with E-state index >= 15 is 0 Å². The highest BCUT2D eigenvalue weighted by Gasteiger charge is 2.25. The molecule has 0 saturated carbocycles. The van der Waals surface area contributed by atoms with Crippen LogP contribution in [-0.2, 0) is 12.0 Å². The van der Waals surface area contributed by atoms with Crippen molar-refractivity contribution in [2.75, 3.05) is 7.11 Å². The summed E-state index contributed by atoms with van der Waals surface area (Å²) in [6, 6.07) is 10.3. The normalized spacial score (nSPS) is 13.9. The van der Waals surface area contributed by atoms with Crippen LogP contribution in [0.4, 0.5) is 4.39 Å². The van der Waals surface area contributed by atoms with Gasteiger partial charge in [-0.2, -0.15) is 0 Å². The fourth-order valence-electron chi connectivity index (χ4n) is 1.96. The standard InChI is InChI=1S/C15H16FNO2/c1-15(18,14-7-6-12(16)10-17-14)9-11-4-3-5-13(8-11)19-2/h3-8,10,18H,9H2,1-2H3. The monoisotopic (exact) mass is 261 g/mol. The molecule has 0 bridgehead atoms. The van der Waals surface area contributed by atoms with Crippen molar-refractivity contribution in [2.24, 2.45) is 0 Å². The molecule has 1 unspecified atom stereocenters. The van der Waals surface area contributed by atoms with E-state index in [2.05, 4.69) is 4.98 Å². The molecule has 1 aromatic heterocycles. The van der Waals surface area contributed by atoms with Crippen molar-refractivity contribution in [1.82, 2.24) is 4.98 Å². The fraction of sp³-hybridized carbons (Fsp3) is 0.267. The molecular formula is C15H16FNO2. The predicted octanol–water partition coefficient (Wildman–Crippen LogP) is 2.68. The number of aliphatic hydroxyl groups is 1. The number of hydrogen-bond donors (Lipinski definition) is 1. The third kappa shape index (κ3) is 3.29. The SMILES string of the molecule is COc1cccc(CC(C)(O)c2ccc(F)cn2)c1. The average Bonchev–Trinajstić information content (AvgIpc) is 2.39. The summed E-state index contributed by atoms with van der Waals surface area (Å²) in [4.78, 5) is 3.93. The zero-order chi connectivity index (χ0) is 13.9. The highest BCUT2D eigenvalue weighted by molar-refractivity contribution is 5.30. The van der Waals surface area contributed by atoms with Crippen molar-refractivity contribution in [3.05, 3.63) is 59.7 Å². The van der Waals surface area contributed by atoms with E-state index in [4.69, 9.17) is 4.74 Å². The maximum atomic E-state index is 12.8. The Labute approximate surface area is 111 Å². The number of benzene rings is 1. The van der Waals surface area contributed by atoms with Gasteiger partial charge in [0, 0.05) is 6.42 Å². The van der Waals surface area contributed by atoms with Gasteiger partial charge in [-0.1, -0.05) is 12.1 Å². The van der Waals surface area contributed by atoms with Crippen LogP contribution < -0.4 is 4.74 Å². The first kappa shape index (κ1) is 13.5. The summed E-state index contributed by atoms with van der Waals surface area (Å²) in [6.07, 6.45) is 1.48. The molecule has 1 N–H and O–H groups in total. The van der Waals surface area contributed by atoms with Gasteiger partial charge in [-0.15, -0.1) is 0 Å². The molecule has 1 heterocycles. The minimum Gasteiger partial charge on any atom is -0.497 e. The molecule has 19 heavy (non-hydrogen) atoms. The highest BCUT2D eigenvalue weighted by atomic mass is 19.1. The summed E-state index contributed by atoms with van der Waals surface area (Å²) in [7, 11) is 1.60. The number of aromatic nitrogens is 1. The molecule has 100 valence electrons. The molecule has 3 nitrogen and oxygen atoms in total. The predicted molar refractivity (Wildman–Crippen MR) is 70.5 cm³/mol. The Morgan fingerprint density at radius 3 is 2.74 bits per heavy atom. The first-order valence-electron chi connectivity index (χ1n) is 5.98. The van der Waals surface area contributed by atoms with Crippen molar-refractivity contribution >= 4 is 0 Å². The third-order valence-electron chi connectivity index (χ3n) is 2.96. The fourth-order valence-corrected chi connectivity index (χ4v) is 1.96. The van der Waals surface area contributed by atoms with Crippen LogP contribution in [0, 0.1) is 5.82 Å². The highest BCUT2D eigenvalue weighted by Crippen LogP contribution is 2.25. The van der Waals surface area contributed by atoms with Crippen LogP contribution in [-0.4, -0.2) is 17.2 Å². The topological polar surface area (TPSA) is 42.4 Å². The largest absolute Gasteiger partial charge is 0.497 e. The van der Waals surface area contributed by atoms with E-state index in [0.717, 1.165) is 17.5 Å². The van der Waals surface area contributed by atoms with Gasteiger partial charge in [-0.25, -0.2) is 4.39 Å². The molecule has 0 fully saturated rings. The second kappa shape index (κ2) is 5.36. The number of methoxy groups -OCH3 is 1. The Kier molecular flexibility index (Phi) is 3.81. The third-order valence-corrected chi connectivity index (χ3v) is 2.96. The summed E-state index contributed by atoms with van der Waals surface area (Å²) in [5.41, 5.74) is 0.215. The Bertz CT molecular complexity index is 552. The average molecular weight is 261 g/mol. The van der Waals surface area contributed by atoms with Crippen molar-refractivity contribution in [2.45, 2.75) is 18.9 Å². The number of rotatable bonds is 4. The maximum absolute atomic E-state index is 12.8. The van der Waals surface area contributed by atoms with Crippen LogP contribution in [0.3, 0.4) is 0 Å². The van der Waals surface area contributed by atoms with Gasteiger partial charge in [0.25, 0.3) is 0 Å². The van der Waals surface area contributed by atoms with Crippen LogP contribution >= 0.6 is 0 Å². The molecule has 2 rings (SSSR count). The van der Waals surface area contributed by atoms with Crippen LogP contribution in [0.2, 0.25) is 0 Å². The van der Waals surface area contributed by atoms with Gasteiger partial charge in [0.15, 0.2) is 0 Å². The molecule has 1 atom stereocenters. The van der Waals surface area contributed by atoms with E-state index in [1.165, 1.54) is 12.1 Å². The lowest BCUT2D eigenvalue weighted by Gasteiger charge is -2.23. The Morgan fingerprint density at radius 1 is 1.32 bits per heavy atom. The van der Waals surface area contributed by atoms with Gasteiger partial charge in [0.05, 0.1) is 19.0 Å². The van der Waals surface area contributed by atoms with E-state index in [-0.39, 0.29) is 0 Å². The van der Waals surface area contributed by atoms with Gasteiger partial charge in [-0.05, 0) is 36.8 Å². The van der Waals surface area contributed by atoms with Crippen molar-refractivity contribution < 1.29 is 14.2 Å². The van der Waals surface area contributed by atoms with Gasteiger partial charge < -0.3 is 9.84 Å². The minimum absolute atomic E-state index is 0.378. The lowest BCUT2D eigenvalue weighted by atomic mass is 9.92. The Morgan fingerprint density at radius 2 is 2.11 bits per heavy atom. The van der Waals surface area contributed by atoms with Crippen LogP contribution in [0.1, 0.15) is 18.2 Å². The maximum Gasteiger partial charge on any atom is 0.141 e. The zero-order valence-corrected chi connectivity index (χ0v) is 10.9. The van der Waals surface area contributed by atoms with Gasteiger partial charge in [0.1, 0.15) is 17.2 Å². The molecule has 0 aliphatic rings. The summed E-state index contributed by atoms with van der Waals surface area (Å²) in [6.45, 7) is 1.66. The molecule has 0 amide bonds. The number of ether oxygens (including phenoxy) is 1.